The second kappa shape index (κ2) is 8.73. The molecule has 4 nitrogen and oxygen atoms in total. The number of nitrogens with two attached hydrogens (primary N) is 1. The first kappa shape index (κ1) is 20.2. The number of ether oxygens (including phenoxy) is 1. The molecule has 0 saturated heterocycles. The first-order valence-corrected chi connectivity index (χ1v) is 10.1. The van der Waals surface area contributed by atoms with Crippen molar-refractivity contribution < 1.29 is 4.74 Å². The lowest BCUT2D eigenvalue weighted by molar-refractivity contribution is 0.306. The highest BCUT2D eigenvalue weighted by Crippen LogP contribution is 2.33. The van der Waals surface area contributed by atoms with Crippen molar-refractivity contribution in [2.24, 2.45) is 0 Å². The molecule has 0 saturated carbocycles. The molecule has 0 fully saturated rings. The Labute approximate surface area is 182 Å². The lowest BCUT2D eigenvalue weighted by atomic mass is 9.96. The Balaban J connectivity index is 1.66. The summed E-state index contributed by atoms with van der Waals surface area (Å²) < 4.78 is 5.88. The van der Waals surface area contributed by atoms with Gasteiger partial charge in [0.2, 0.25) is 0 Å². The number of nitriles is 1. The second-order valence-corrected chi connectivity index (χ2v) is 7.54. The average molecular weight is 406 g/mol. The number of hydrogen-bond donors (Lipinski definition) is 1. The van der Waals surface area contributed by atoms with E-state index in [0.717, 1.165) is 39.3 Å². The van der Waals surface area contributed by atoms with E-state index in [-0.39, 0.29) is 5.82 Å². The summed E-state index contributed by atoms with van der Waals surface area (Å²) in [5.41, 5.74) is 13.4. The molecule has 4 rings (SSSR count). The van der Waals surface area contributed by atoms with Gasteiger partial charge in [-0.15, -0.1) is 0 Å². The standard InChI is InChI=1S/C27H23N3O/c1-18-8-13-23(19(2)14-18)26-15-24(25(16-28)27(29)30-26)21-9-11-22(12-10-21)31-17-20-6-4-3-5-7-20/h3-15H,17H2,1-2H3,(H2,29,30). The van der Waals surface area contributed by atoms with E-state index in [2.05, 4.69) is 37.0 Å². The summed E-state index contributed by atoms with van der Waals surface area (Å²) in [5.74, 6) is 1.00. The molecule has 4 aromatic rings. The van der Waals surface area contributed by atoms with E-state index < -0.39 is 0 Å². The zero-order valence-corrected chi connectivity index (χ0v) is 17.6. The van der Waals surface area contributed by atoms with Crippen molar-refractivity contribution in [2.75, 3.05) is 5.73 Å². The van der Waals surface area contributed by atoms with Gasteiger partial charge in [0.25, 0.3) is 0 Å². The van der Waals surface area contributed by atoms with E-state index in [1.807, 2.05) is 66.7 Å². The smallest absolute Gasteiger partial charge is 0.142 e. The molecule has 3 aromatic carbocycles. The van der Waals surface area contributed by atoms with Gasteiger partial charge in [0.15, 0.2) is 0 Å². The Morgan fingerprint density at radius 2 is 1.65 bits per heavy atom. The summed E-state index contributed by atoms with van der Waals surface area (Å²) in [6.07, 6.45) is 0. The molecule has 2 N–H and O–H groups in total. The molecule has 0 bridgehead atoms. The molecule has 152 valence electrons. The van der Waals surface area contributed by atoms with E-state index in [1.54, 1.807) is 0 Å². The predicted octanol–water partition coefficient (Wildman–Crippen LogP) is 6.07. The molecule has 0 aliphatic rings. The average Bonchev–Trinajstić information content (AvgIpc) is 2.78. The van der Waals surface area contributed by atoms with Crippen LogP contribution in [0, 0.1) is 25.2 Å². The quantitative estimate of drug-likeness (QED) is 0.438. The third-order valence-electron chi connectivity index (χ3n) is 5.23. The van der Waals surface area contributed by atoms with Crippen LogP contribution in [0.15, 0.2) is 78.9 Å². The van der Waals surface area contributed by atoms with Gasteiger partial charge in [-0.05, 0) is 48.7 Å². The molecular weight excluding hydrogens is 382 g/mol. The first-order chi connectivity index (χ1) is 15.0. The normalized spacial score (nSPS) is 10.5. The molecule has 0 atom stereocenters. The summed E-state index contributed by atoms with van der Waals surface area (Å²) in [4.78, 5) is 4.50. The third kappa shape index (κ3) is 4.41. The molecule has 1 aromatic heterocycles. The highest BCUT2D eigenvalue weighted by atomic mass is 16.5. The number of anilines is 1. The van der Waals surface area contributed by atoms with Gasteiger partial charge in [0.1, 0.15) is 29.8 Å². The van der Waals surface area contributed by atoms with Gasteiger partial charge in [-0.25, -0.2) is 4.98 Å². The molecule has 31 heavy (non-hydrogen) atoms. The van der Waals surface area contributed by atoms with Crippen molar-refractivity contribution in [2.45, 2.75) is 20.5 Å². The Kier molecular flexibility index (Phi) is 5.68. The summed E-state index contributed by atoms with van der Waals surface area (Å²) in [6, 6.07) is 28.1. The van der Waals surface area contributed by atoms with E-state index in [0.29, 0.717) is 12.2 Å². The number of aryl methyl sites for hydroxylation is 2. The molecular formula is C27H23N3O. The van der Waals surface area contributed by atoms with Crippen molar-refractivity contribution in [3.05, 3.63) is 101 Å². The number of aromatic nitrogens is 1. The van der Waals surface area contributed by atoms with Gasteiger partial charge >= 0.3 is 0 Å². The second-order valence-electron chi connectivity index (χ2n) is 7.54. The van der Waals surface area contributed by atoms with Gasteiger partial charge in [0.05, 0.1) is 5.69 Å². The van der Waals surface area contributed by atoms with Crippen molar-refractivity contribution >= 4 is 5.82 Å². The van der Waals surface area contributed by atoms with E-state index in [4.69, 9.17) is 10.5 Å². The molecule has 0 spiro atoms. The van der Waals surface area contributed by atoms with Gasteiger partial charge in [0, 0.05) is 11.1 Å². The van der Waals surface area contributed by atoms with Crippen LogP contribution in [0.2, 0.25) is 0 Å². The van der Waals surface area contributed by atoms with E-state index >= 15 is 0 Å². The van der Waals surface area contributed by atoms with Crippen LogP contribution >= 0.6 is 0 Å². The number of pyridine rings is 1. The Morgan fingerprint density at radius 3 is 2.32 bits per heavy atom. The SMILES string of the molecule is Cc1ccc(-c2cc(-c3ccc(OCc4ccccc4)cc3)c(C#N)c(N)n2)c(C)c1. The van der Waals surface area contributed by atoms with Crippen LogP contribution in [-0.4, -0.2) is 4.98 Å². The third-order valence-corrected chi connectivity index (χ3v) is 5.23. The number of rotatable bonds is 5. The molecule has 0 amide bonds. The van der Waals surface area contributed by atoms with Crippen LogP contribution in [-0.2, 0) is 6.61 Å². The highest BCUT2D eigenvalue weighted by Gasteiger charge is 2.14. The van der Waals surface area contributed by atoms with Gasteiger partial charge < -0.3 is 10.5 Å². The fourth-order valence-electron chi connectivity index (χ4n) is 3.62. The molecule has 0 aliphatic heterocycles. The Morgan fingerprint density at radius 1 is 0.903 bits per heavy atom. The largest absolute Gasteiger partial charge is 0.489 e. The van der Waals surface area contributed by atoms with Crippen molar-refractivity contribution in [3.8, 4) is 34.2 Å². The Bertz CT molecular complexity index is 1260. The fraction of sp³-hybridized carbons (Fsp3) is 0.111. The highest BCUT2D eigenvalue weighted by molar-refractivity contribution is 5.81. The molecule has 4 heteroatoms. The maximum atomic E-state index is 9.68. The zero-order chi connectivity index (χ0) is 21.8. The summed E-state index contributed by atoms with van der Waals surface area (Å²) in [5, 5.41) is 9.68. The zero-order valence-electron chi connectivity index (χ0n) is 17.6. The molecule has 1 heterocycles. The fourth-order valence-corrected chi connectivity index (χ4v) is 3.62. The van der Waals surface area contributed by atoms with Crippen LogP contribution in [0.1, 0.15) is 22.3 Å². The van der Waals surface area contributed by atoms with Crippen molar-refractivity contribution in [1.29, 1.82) is 5.26 Å². The van der Waals surface area contributed by atoms with E-state index in [1.165, 1.54) is 5.56 Å². The van der Waals surface area contributed by atoms with E-state index in [9.17, 15) is 5.26 Å². The molecule has 0 radical (unpaired) electrons. The molecule has 0 unspecified atom stereocenters. The minimum absolute atomic E-state index is 0.236. The maximum Gasteiger partial charge on any atom is 0.142 e. The van der Waals surface area contributed by atoms with Crippen LogP contribution in [0.3, 0.4) is 0 Å². The summed E-state index contributed by atoms with van der Waals surface area (Å²) in [6.45, 7) is 4.61. The van der Waals surface area contributed by atoms with Crippen molar-refractivity contribution in [1.82, 2.24) is 4.98 Å². The Hall–Kier alpha value is -4.10. The van der Waals surface area contributed by atoms with Gasteiger partial charge in [-0.1, -0.05) is 66.2 Å². The number of benzene rings is 3. The topological polar surface area (TPSA) is 71.9 Å². The van der Waals surface area contributed by atoms with Crippen LogP contribution in [0.25, 0.3) is 22.4 Å². The first-order valence-electron chi connectivity index (χ1n) is 10.1. The predicted molar refractivity (Wildman–Crippen MR) is 124 cm³/mol. The lowest BCUT2D eigenvalue weighted by Crippen LogP contribution is -2.00. The van der Waals surface area contributed by atoms with Crippen molar-refractivity contribution in [3.63, 3.8) is 0 Å². The minimum atomic E-state index is 0.236. The van der Waals surface area contributed by atoms with Crippen LogP contribution in [0.5, 0.6) is 5.75 Å². The lowest BCUT2D eigenvalue weighted by Gasteiger charge is -2.13. The van der Waals surface area contributed by atoms with Gasteiger partial charge in [-0.3, -0.25) is 0 Å². The maximum absolute atomic E-state index is 9.68. The minimum Gasteiger partial charge on any atom is -0.489 e. The van der Waals surface area contributed by atoms with Crippen LogP contribution < -0.4 is 10.5 Å². The number of nitrogen functional groups attached to an aromatic ring is 1. The number of nitrogens with zero attached hydrogens (tertiary/aromatic N) is 2. The van der Waals surface area contributed by atoms with Crippen LogP contribution in [0.4, 0.5) is 5.82 Å². The monoisotopic (exact) mass is 405 g/mol. The summed E-state index contributed by atoms with van der Waals surface area (Å²) in [7, 11) is 0. The van der Waals surface area contributed by atoms with Gasteiger partial charge in [-0.2, -0.15) is 5.26 Å². The molecule has 0 aliphatic carbocycles. The number of hydrogen-bond acceptors (Lipinski definition) is 4. The summed E-state index contributed by atoms with van der Waals surface area (Å²) >= 11 is 0.